The van der Waals surface area contributed by atoms with Crippen molar-refractivity contribution in [2.75, 3.05) is 0 Å². The largest absolute Gasteiger partial charge is 0.311 e. The quantitative estimate of drug-likeness (QED) is 0.415. The number of hydrogen-bond donors (Lipinski definition) is 0. The van der Waals surface area contributed by atoms with Crippen LogP contribution in [0.3, 0.4) is 0 Å². The summed E-state index contributed by atoms with van der Waals surface area (Å²) in [5.41, 5.74) is 2.38. The molecule has 0 saturated heterocycles. The Morgan fingerprint density at radius 3 is 2.57 bits per heavy atom. The van der Waals surface area contributed by atoms with Crippen molar-refractivity contribution in [3.63, 3.8) is 0 Å². The molecule has 28 heavy (non-hydrogen) atoms. The van der Waals surface area contributed by atoms with E-state index in [4.69, 9.17) is 0 Å². The predicted octanol–water partition coefficient (Wildman–Crippen LogP) is 3.69. The molecule has 0 atom stereocenters. The molecule has 0 fully saturated rings. The molecule has 0 saturated carbocycles. The zero-order valence-electron chi connectivity index (χ0n) is 14.7. The number of benzene rings is 2. The Labute approximate surface area is 169 Å². The van der Waals surface area contributed by atoms with Crippen LogP contribution in [-0.4, -0.2) is 31.6 Å². The van der Waals surface area contributed by atoms with Gasteiger partial charge in [-0.3, -0.25) is 0 Å². The summed E-state index contributed by atoms with van der Waals surface area (Å²) in [6, 6.07) is 16.0. The second-order valence-corrected chi connectivity index (χ2v) is 8.93. The molecular formula is C19H14BrN5O2S. The third-order valence-electron chi connectivity index (χ3n) is 4.75. The molecule has 0 bridgehead atoms. The first kappa shape index (κ1) is 17.2. The van der Waals surface area contributed by atoms with Crippen molar-refractivity contribution < 1.29 is 8.42 Å². The van der Waals surface area contributed by atoms with Gasteiger partial charge in [0, 0.05) is 24.2 Å². The standard InChI is InChI=1S/C19H14BrN5O2S/c1-23-17(12-24-19(23)21-18(20)22-24)14-8-7-13-9-10-25(16(13)11-14)28(26,27)15-5-3-2-4-6-15/h2-12H,1H3. The van der Waals surface area contributed by atoms with Crippen LogP contribution in [0.2, 0.25) is 0 Å². The van der Waals surface area contributed by atoms with Crippen LogP contribution in [0, 0.1) is 0 Å². The lowest BCUT2D eigenvalue weighted by Crippen LogP contribution is -2.11. The van der Waals surface area contributed by atoms with Gasteiger partial charge in [0.15, 0.2) is 0 Å². The fourth-order valence-corrected chi connectivity index (χ4v) is 5.06. The molecule has 0 unspecified atom stereocenters. The fourth-order valence-electron chi connectivity index (χ4n) is 3.36. The van der Waals surface area contributed by atoms with Crippen LogP contribution in [0.25, 0.3) is 27.9 Å². The van der Waals surface area contributed by atoms with Gasteiger partial charge in [0.2, 0.25) is 10.5 Å². The first-order valence-electron chi connectivity index (χ1n) is 8.45. The maximum atomic E-state index is 13.1. The smallest absolute Gasteiger partial charge is 0.268 e. The number of imidazole rings is 1. The van der Waals surface area contributed by atoms with Gasteiger partial charge >= 0.3 is 0 Å². The van der Waals surface area contributed by atoms with E-state index < -0.39 is 10.0 Å². The summed E-state index contributed by atoms with van der Waals surface area (Å²) in [6.07, 6.45) is 3.46. The van der Waals surface area contributed by atoms with Crippen LogP contribution >= 0.6 is 15.9 Å². The van der Waals surface area contributed by atoms with Gasteiger partial charge in [-0.25, -0.2) is 16.9 Å². The van der Waals surface area contributed by atoms with Crippen molar-refractivity contribution in [2.45, 2.75) is 4.90 Å². The minimum atomic E-state index is -3.68. The van der Waals surface area contributed by atoms with Gasteiger partial charge in [0.25, 0.3) is 10.0 Å². The molecule has 0 N–H and O–H groups in total. The van der Waals surface area contributed by atoms with E-state index in [2.05, 4.69) is 26.0 Å². The van der Waals surface area contributed by atoms with Gasteiger partial charge in [0.05, 0.1) is 22.3 Å². The highest BCUT2D eigenvalue weighted by molar-refractivity contribution is 9.10. The monoisotopic (exact) mass is 455 g/mol. The molecule has 0 aliphatic rings. The van der Waals surface area contributed by atoms with E-state index in [1.165, 1.54) is 3.97 Å². The maximum Gasteiger partial charge on any atom is 0.268 e. The minimum Gasteiger partial charge on any atom is -0.311 e. The second-order valence-electron chi connectivity index (χ2n) is 6.40. The zero-order valence-corrected chi connectivity index (χ0v) is 17.1. The third kappa shape index (κ3) is 2.50. The predicted molar refractivity (Wildman–Crippen MR) is 110 cm³/mol. The average molecular weight is 456 g/mol. The lowest BCUT2D eigenvalue weighted by atomic mass is 10.1. The number of rotatable bonds is 3. The molecule has 3 aromatic heterocycles. The highest BCUT2D eigenvalue weighted by atomic mass is 79.9. The van der Waals surface area contributed by atoms with Crippen molar-refractivity contribution >= 4 is 42.6 Å². The molecule has 0 amide bonds. The third-order valence-corrected chi connectivity index (χ3v) is 6.79. The molecule has 0 spiro atoms. The molecule has 9 heteroatoms. The van der Waals surface area contributed by atoms with Crippen LogP contribution in [-0.2, 0) is 17.1 Å². The van der Waals surface area contributed by atoms with E-state index in [9.17, 15) is 8.42 Å². The summed E-state index contributed by atoms with van der Waals surface area (Å²) in [6.45, 7) is 0. The van der Waals surface area contributed by atoms with Crippen LogP contribution in [0.1, 0.15) is 0 Å². The zero-order chi connectivity index (χ0) is 19.5. The molecular weight excluding hydrogens is 442 g/mol. The lowest BCUT2D eigenvalue weighted by molar-refractivity contribution is 0.589. The molecule has 7 nitrogen and oxygen atoms in total. The molecule has 0 aliphatic carbocycles. The summed E-state index contributed by atoms with van der Waals surface area (Å²) in [5.74, 6) is 0.689. The summed E-state index contributed by atoms with van der Waals surface area (Å²) < 4.78 is 31.6. The topological polar surface area (TPSA) is 74.2 Å². The van der Waals surface area contributed by atoms with Gasteiger partial charge in [-0.2, -0.15) is 4.98 Å². The Hall–Kier alpha value is -2.91. The molecule has 2 aromatic carbocycles. The summed E-state index contributed by atoms with van der Waals surface area (Å²) in [7, 11) is -1.78. The first-order chi connectivity index (χ1) is 13.4. The van der Waals surface area contributed by atoms with Gasteiger partial charge in [-0.05, 0) is 40.2 Å². The number of halogens is 1. The van der Waals surface area contributed by atoms with Crippen molar-refractivity contribution in [1.29, 1.82) is 0 Å². The van der Waals surface area contributed by atoms with Gasteiger partial charge in [-0.1, -0.05) is 30.3 Å². The first-order valence-corrected chi connectivity index (χ1v) is 10.7. The van der Waals surface area contributed by atoms with Gasteiger partial charge < -0.3 is 4.57 Å². The van der Waals surface area contributed by atoms with Gasteiger partial charge in [-0.15, -0.1) is 5.10 Å². The molecule has 0 aliphatic heterocycles. The number of aromatic nitrogens is 5. The number of hydrogen-bond acceptors (Lipinski definition) is 4. The summed E-state index contributed by atoms with van der Waals surface area (Å²) in [5, 5.41) is 5.12. The van der Waals surface area contributed by atoms with Crippen molar-refractivity contribution in [1.82, 2.24) is 23.1 Å². The molecule has 5 rings (SSSR count). The second kappa shape index (κ2) is 6.05. The fraction of sp³-hybridized carbons (Fsp3) is 0.0526. The molecule has 140 valence electrons. The number of nitrogens with zero attached hydrogens (tertiary/aromatic N) is 5. The molecule has 0 radical (unpaired) electrons. The lowest BCUT2D eigenvalue weighted by Gasteiger charge is -2.09. The van der Waals surface area contributed by atoms with E-state index in [-0.39, 0.29) is 4.90 Å². The summed E-state index contributed by atoms with van der Waals surface area (Å²) in [4.78, 5) is 4.59. The Morgan fingerprint density at radius 1 is 1.04 bits per heavy atom. The van der Waals surface area contributed by atoms with Crippen LogP contribution in [0.5, 0.6) is 0 Å². The van der Waals surface area contributed by atoms with E-state index in [1.807, 2.05) is 36.0 Å². The van der Waals surface area contributed by atoms with Crippen molar-refractivity contribution in [3.05, 3.63) is 71.7 Å². The Morgan fingerprint density at radius 2 is 1.82 bits per heavy atom. The number of aryl methyl sites for hydroxylation is 1. The average Bonchev–Trinajstić information content (AvgIpc) is 3.36. The van der Waals surface area contributed by atoms with E-state index in [0.717, 1.165) is 16.6 Å². The van der Waals surface area contributed by atoms with E-state index >= 15 is 0 Å². The van der Waals surface area contributed by atoms with Crippen LogP contribution < -0.4 is 0 Å². The van der Waals surface area contributed by atoms with Crippen molar-refractivity contribution in [3.8, 4) is 11.3 Å². The number of fused-ring (bicyclic) bond motifs is 2. The minimum absolute atomic E-state index is 0.254. The highest BCUT2D eigenvalue weighted by Gasteiger charge is 2.19. The van der Waals surface area contributed by atoms with Crippen molar-refractivity contribution in [2.24, 2.45) is 7.05 Å². The molecule has 5 aromatic rings. The maximum absolute atomic E-state index is 13.1. The van der Waals surface area contributed by atoms with E-state index in [0.29, 0.717) is 16.0 Å². The molecule has 3 heterocycles. The Kier molecular flexibility index (Phi) is 3.72. The Balaban J connectivity index is 1.70. The van der Waals surface area contributed by atoms with Gasteiger partial charge in [0.1, 0.15) is 0 Å². The highest BCUT2D eigenvalue weighted by Crippen LogP contribution is 2.28. The van der Waals surface area contributed by atoms with E-state index in [1.54, 1.807) is 47.1 Å². The van der Waals surface area contributed by atoms with Crippen LogP contribution in [0.15, 0.2) is 76.6 Å². The summed E-state index contributed by atoms with van der Waals surface area (Å²) >= 11 is 3.27. The van der Waals surface area contributed by atoms with Crippen LogP contribution in [0.4, 0.5) is 0 Å². The Bertz CT molecular complexity index is 1450. The normalized spacial score (nSPS) is 12.2. The SMILES string of the molecule is Cn1c(-c2ccc3ccn(S(=O)(=O)c4ccccc4)c3c2)cn2nc(Br)nc12.